The van der Waals surface area contributed by atoms with Crippen molar-refractivity contribution in [3.05, 3.63) is 0 Å². The van der Waals surface area contributed by atoms with Crippen LogP contribution in [0.1, 0.15) is 0 Å². The molecule has 0 saturated heterocycles. The summed E-state index contributed by atoms with van der Waals surface area (Å²) in [6.07, 6.45) is 1.29. The number of nitrogens with two attached hydrogens (primary N) is 1. The van der Waals surface area contributed by atoms with Crippen LogP contribution in [0.2, 0.25) is 0 Å². The van der Waals surface area contributed by atoms with E-state index >= 15 is 0 Å². The van der Waals surface area contributed by atoms with Gasteiger partial charge in [-0.25, -0.2) is 9.98 Å². The van der Waals surface area contributed by atoms with Crippen LogP contribution in [0.15, 0.2) is 9.98 Å². The molecule has 1 rings (SSSR count). The Morgan fingerprint density at radius 2 is 2.62 bits per heavy atom. The molecular formula is C4H4N4. The van der Waals surface area contributed by atoms with Gasteiger partial charge in [0.25, 0.3) is 0 Å². The lowest BCUT2D eigenvalue weighted by atomic mass is 10.3. The van der Waals surface area contributed by atoms with Crippen LogP contribution in [0.5, 0.6) is 0 Å². The van der Waals surface area contributed by atoms with Gasteiger partial charge in [-0.05, 0) is 0 Å². The lowest BCUT2D eigenvalue weighted by molar-refractivity contribution is 1.11. The Morgan fingerprint density at radius 3 is 2.88 bits per heavy atom. The van der Waals surface area contributed by atoms with E-state index in [2.05, 4.69) is 9.98 Å². The summed E-state index contributed by atoms with van der Waals surface area (Å²) in [5, 5.41) is 8.21. The average Bonchev–Trinajstić information content (AvgIpc) is 2.14. The van der Waals surface area contributed by atoms with Crippen molar-refractivity contribution >= 4 is 12.2 Å². The number of nitrogens with zero attached hydrogens (tertiary/aromatic N) is 3. The standard InChI is InChI=1S/C4H4N4/c5-1-3-4(6)8-2-7-3/h2-3H,(H2,6,7,8). The van der Waals surface area contributed by atoms with Gasteiger partial charge >= 0.3 is 0 Å². The summed E-state index contributed by atoms with van der Waals surface area (Å²) >= 11 is 0. The van der Waals surface area contributed by atoms with Crippen molar-refractivity contribution in [1.82, 2.24) is 0 Å². The molecule has 0 spiro atoms. The highest BCUT2D eigenvalue weighted by Gasteiger charge is 2.11. The van der Waals surface area contributed by atoms with E-state index in [1.54, 1.807) is 0 Å². The second-order valence-corrected chi connectivity index (χ2v) is 1.35. The van der Waals surface area contributed by atoms with Gasteiger partial charge in [0.2, 0.25) is 0 Å². The molecule has 0 amide bonds. The molecule has 4 heteroatoms. The Bertz CT molecular complexity index is 185. The molecule has 0 aliphatic carbocycles. The molecule has 0 saturated carbocycles. The van der Waals surface area contributed by atoms with E-state index in [4.69, 9.17) is 11.0 Å². The second kappa shape index (κ2) is 1.62. The Morgan fingerprint density at radius 1 is 1.88 bits per heavy atom. The molecule has 0 radical (unpaired) electrons. The maximum Gasteiger partial charge on any atom is 0.194 e. The first-order valence-corrected chi connectivity index (χ1v) is 2.09. The number of amidine groups is 1. The number of rotatable bonds is 0. The molecule has 0 aromatic carbocycles. The maximum absolute atomic E-state index is 8.21. The molecule has 0 bridgehead atoms. The molecule has 4 nitrogen and oxygen atoms in total. The Balaban J connectivity index is 2.76. The second-order valence-electron chi connectivity index (χ2n) is 1.35. The molecular weight excluding hydrogens is 104 g/mol. The number of hydrogen-bond donors (Lipinski definition) is 1. The average molecular weight is 108 g/mol. The fourth-order valence-electron chi connectivity index (χ4n) is 0.413. The monoisotopic (exact) mass is 108 g/mol. The smallest absolute Gasteiger partial charge is 0.194 e. The van der Waals surface area contributed by atoms with Gasteiger partial charge in [-0.2, -0.15) is 5.26 Å². The number of nitriles is 1. The lowest BCUT2D eigenvalue weighted by Gasteiger charge is -1.90. The van der Waals surface area contributed by atoms with Crippen LogP contribution in [-0.4, -0.2) is 18.2 Å². The molecule has 0 aromatic rings. The van der Waals surface area contributed by atoms with Crippen molar-refractivity contribution in [2.24, 2.45) is 15.7 Å². The molecule has 8 heavy (non-hydrogen) atoms. The minimum Gasteiger partial charge on any atom is -0.384 e. The summed E-state index contributed by atoms with van der Waals surface area (Å²) in [4.78, 5) is 7.19. The van der Waals surface area contributed by atoms with Gasteiger partial charge in [-0.15, -0.1) is 0 Å². The third-order valence-corrected chi connectivity index (χ3v) is 0.825. The zero-order valence-electron chi connectivity index (χ0n) is 4.07. The predicted octanol–water partition coefficient (Wildman–Crippen LogP) is -0.722. The maximum atomic E-state index is 8.21. The van der Waals surface area contributed by atoms with Gasteiger partial charge in [-0.3, -0.25) is 0 Å². The summed E-state index contributed by atoms with van der Waals surface area (Å²) in [7, 11) is 0. The summed E-state index contributed by atoms with van der Waals surface area (Å²) in [6.45, 7) is 0. The third kappa shape index (κ3) is 0.540. The van der Waals surface area contributed by atoms with Crippen LogP contribution in [0.25, 0.3) is 0 Å². The fraction of sp³-hybridized carbons (Fsp3) is 0.250. The Labute approximate surface area is 46.4 Å². The van der Waals surface area contributed by atoms with E-state index in [1.165, 1.54) is 6.34 Å². The largest absolute Gasteiger partial charge is 0.384 e. The SMILES string of the molecule is N#CC1N=CN=C1N. The first-order valence-electron chi connectivity index (χ1n) is 2.09. The summed E-state index contributed by atoms with van der Waals surface area (Å²) in [6, 6.07) is 1.33. The molecule has 40 valence electrons. The fourth-order valence-corrected chi connectivity index (χ4v) is 0.413. The van der Waals surface area contributed by atoms with E-state index in [1.807, 2.05) is 6.07 Å². The predicted molar refractivity (Wildman–Crippen MR) is 29.5 cm³/mol. The van der Waals surface area contributed by atoms with Gasteiger partial charge in [0.15, 0.2) is 6.04 Å². The lowest BCUT2D eigenvalue weighted by Crippen LogP contribution is -2.22. The van der Waals surface area contributed by atoms with Crippen LogP contribution in [0.3, 0.4) is 0 Å². The van der Waals surface area contributed by atoms with E-state index in [0.717, 1.165) is 0 Å². The van der Waals surface area contributed by atoms with E-state index < -0.39 is 6.04 Å². The zero-order chi connectivity index (χ0) is 5.98. The molecule has 0 aromatic heterocycles. The minimum atomic E-state index is -0.532. The highest BCUT2D eigenvalue weighted by atomic mass is 15.0. The number of aliphatic imine (C=N–C) groups is 2. The van der Waals surface area contributed by atoms with Gasteiger partial charge in [0, 0.05) is 0 Å². The zero-order valence-corrected chi connectivity index (χ0v) is 4.07. The van der Waals surface area contributed by atoms with Gasteiger partial charge in [0.1, 0.15) is 12.2 Å². The molecule has 1 aliphatic heterocycles. The highest BCUT2D eigenvalue weighted by molar-refractivity contribution is 5.98. The van der Waals surface area contributed by atoms with E-state index in [-0.39, 0.29) is 5.84 Å². The van der Waals surface area contributed by atoms with Crippen LogP contribution < -0.4 is 5.73 Å². The quantitative estimate of drug-likeness (QED) is 0.444. The molecule has 1 heterocycles. The topological polar surface area (TPSA) is 74.5 Å². The van der Waals surface area contributed by atoms with Crippen LogP contribution in [-0.2, 0) is 0 Å². The highest BCUT2D eigenvalue weighted by Crippen LogP contribution is 1.93. The van der Waals surface area contributed by atoms with Crippen LogP contribution in [0, 0.1) is 11.3 Å². The third-order valence-electron chi connectivity index (χ3n) is 0.825. The van der Waals surface area contributed by atoms with Crippen LogP contribution >= 0.6 is 0 Å². The molecule has 2 N–H and O–H groups in total. The van der Waals surface area contributed by atoms with Gasteiger partial charge in [0.05, 0.1) is 6.07 Å². The van der Waals surface area contributed by atoms with E-state index in [9.17, 15) is 0 Å². The molecule has 1 aliphatic rings. The van der Waals surface area contributed by atoms with Crippen LogP contribution in [0.4, 0.5) is 0 Å². The first-order chi connectivity index (χ1) is 3.84. The molecule has 1 atom stereocenters. The summed E-state index contributed by atoms with van der Waals surface area (Å²) < 4.78 is 0. The Kier molecular flexibility index (Phi) is 0.968. The summed E-state index contributed by atoms with van der Waals surface area (Å²) in [5.74, 6) is 0.285. The summed E-state index contributed by atoms with van der Waals surface area (Å²) in [5.41, 5.74) is 5.19. The van der Waals surface area contributed by atoms with E-state index in [0.29, 0.717) is 0 Å². The molecule has 1 unspecified atom stereocenters. The van der Waals surface area contributed by atoms with Crippen molar-refractivity contribution in [3.63, 3.8) is 0 Å². The number of hydrogen-bond acceptors (Lipinski definition) is 4. The van der Waals surface area contributed by atoms with Crippen molar-refractivity contribution in [1.29, 1.82) is 5.26 Å². The van der Waals surface area contributed by atoms with Crippen molar-refractivity contribution in [3.8, 4) is 6.07 Å². The van der Waals surface area contributed by atoms with Crippen molar-refractivity contribution < 1.29 is 0 Å². The Hall–Kier alpha value is -1.37. The normalized spacial score (nSPS) is 24.9. The first kappa shape index (κ1) is 4.78. The van der Waals surface area contributed by atoms with Crippen molar-refractivity contribution in [2.75, 3.05) is 0 Å². The minimum absolute atomic E-state index is 0.285. The van der Waals surface area contributed by atoms with Crippen molar-refractivity contribution in [2.45, 2.75) is 6.04 Å². The van der Waals surface area contributed by atoms with Gasteiger partial charge in [-0.1, -0.05) is 0 Å². The van der Waals surface area contributed by atoms with Gasteiger partial charge < -0.3 is 5.73 Å². The molecule has 0 fully saturated rings.